The standard InChI is InChI=1S/C31H35F2N5O6S/c1-5-44-26-16-18(8-12-23(26)33)28(36-24-15-19(29(34)39)9-11-22(24)32)30(40)38-14-6-7-25(38)21-17-20(35-31(41)37(2)3)10-13-27(21)45(4,42)43/h8-13,15-17,25,28,36H,5-7,14H2,1-4H3,(H2,34,39)(H,35,41)/t25-,28-/m1/s1. The quantitative estimate of drug-likeness (QED) is 0.295. The number of primary amides is 1. The average molecular weight is 644 g/mol. The molecule has 3 aromatic rings. The molecule has 1 fully saturated rings. The van der Waals surface area contributed by atoms with Gasteiger partial charge in [0.05, 0.1) is 23.2 Å². The van der Waals surface area contributed by atoms with E-state index in [1.165, 1.54) is 52.3 Å². The zero-order chi connectivity index (χ0) is 33.1. The second-order valence-electron chi connectivity index (χ2n) is 10.8. The van der Waals surface area contributed by atoms with Gasteiger partial charge in [-0.3, -0.25) is 9.59 Å². The minimum absolute atomic E-state index is 0.00681. The normalized spacial score (nSPS) is 15.3. The Kier molecular flexibility index (Phi) is 9.96. The zero-order valence-corrected chi connectivity index (χ0v) is 26.1. The molecule has 0 saturated carbocycles. The average Bonchev–Trinajstić information content (AvgIpc) is 3.47. The molecule has 0 aliphatic carbocycles. The summed E-state index contributed by atoms with van der Waals surface area (Å²) in [6.45, 7) is 2.04. The van der Waals surface area contributed by atoms with E-state index in [0.29, 0.717) is 24.1 Å². The Balaban J connectivity index is 1.82. The molecule has 4 N–H and O–H groups in total. The second kappa shape index (κ2) is 13.5. The van der Waals surface area contributed by atoms with Gasteiger partial charge < -0.3 is 30.9 Å². The number of halogens is 2. The van der Waals surface area contributed by atoms with E-state index in [9.17, 15) is 27.2 Å². The fourth-order valence-electron chi connectivity index (χ4n) is 5.18. The number of nitrogens with one attached hydrogen (secondary N) is 2. The number of likely N-dealkylation sites (tertiary alicyclic amines) is 1. The third-order valence-electron chi connectivity index (χ3n) is 7.35. The Morgan fingerprint density at radius 1 is 1.07 bits per heavy atom. The highest BCUT2D eigenvalue weighted by molar-refractivity contribution is 7.90. The Hall–Kier alpha value is -4.72. The first-order valence-electron chi connectivity index (χ1n) is 14.1. The van der Waals surface area contributed by atoms with E-state index in [2.05, 4.69) is 10.6 Å². The third kappa shape index (κ3) is 7.51. The van der Waals surface area contributed by atoms with Gasteiger partial charge in [-0.15, -0.1) is 0 Å². The van der Waals surface area contributed by atoms with E-state index in [1.807, 2.05) is 0 Å². The van der Waals surface area contributed by atoms with Crippen LogP contribution in [0.2, 0.25) is 0 Å². The van der Waals surface area contributed by atoms with Crippen molar-refractivity contribution in [1.29, 1.82) is 0 Å². The largest absolute Gasteiger partial charge is 0.491 e. The number of ether oxygens (including phenoxy) is 1. The SMILES string of the molecule is CCOc1cc([C@@H](Nc2cc(C(N)=O)ccc2F)C(=O)N2CCC[C@@H]2c2cc(NC(=O)N(C)C)ccc2S(C)(=O)=O)ccc1F. The zero-order valence-electron chi connectivity index (χ0n) is 25.3. The number of nitrogens with two attached hydrogens (primary N) is 1. The summed E-state index contributed by atoms with van der Waals surface area (Å²) < 4.78 is 60.6. The van der Waals surface area contributed by atoms with Gasteiger partial charge in [0.15, 0.2) is 21.4 Å². The number of amides is 4. The highest BCUT2D eigenvalue weighted by Crippen LogP contribution is 2.40. The van der Waals surface area contributed by atoms with Crippen molar-refractivity contribution >= 4 is 39.1 Å². The number of nitrogens with zero attached hydrogens (tertiary/aromatic N) is 2. The molecule has 1 heterocycles. The number of sulfone groups is 1. The number of carbonyl (C=O) groups is 3. The predicted molar refractivity (Wildman–Crippen MR) is 165 cm³/mol. The number of anilines is 2. The lowest BCUT2D eigenvalue weighted by atomic mass is 10.0. The molecule has 1 aliphatic heterocycles. The van der Waals surface area contributed by atoms with Crippen molar-refractivity contribution in [3.8, 4) is 5.75 Å². The Morgan fingerprint density at radius 3 is 2.42 bits per heavy atom. The molecule has 4 amide bonds. The summed E-state index contributed by atoms with van der Waals surface area (Å²) in [5, 5.41) is 5.56. The van der Waals surface area contributed by atoms with E-state index in [0.717, 1.165) is 18.4 Å². The first-order chi connectivity index (χ1) is 21.2. The van der Waals surface area contributed by atoms with Gasteiger partial charge in [-0.1, -0.05) is 6.07 Å². The van der Waals surface area contributed by atoms with Crippen LogP contribution in [0.1, 0.15) is 53.3 Å². The predicted octanol–water partition coefficient (Wildman–Crippen LogP) is 4.48. The smallest absolute Gasteiger partial charge is 0.321 e. The summed E-state index contributed by atoms with van der Waals surface area (Å²) in [6.07, 6.45) is 1.96. The van der Waals surface area contributed by atoms with Gasteiger partial charge in [0.2, 0.25) is 11.8 Å². The molecule has 0 spiro atoms. The molecule has 2 atom stereocenters. The molecular weight excluding hydrogens is 608 g/mol. The van der Waals surface area contributed by atoms with Crippen molar-refractivity contribution < 1.29 is 36.3 Å². The molecule has 3 aromatic carbocycles. The maximum Gasteiger partial charge on any atom is 0.321 e. The van der Waals surface area contributed by atoms with Crippen LogP contribution in [-0.2, 0) is 14.6 Å². The topological polar surface area (TPSA) is 151 Å². The van der Waals surface area contributed by atoms with Gasteiger partial charge in [0, 0.05) is 38.1 Å². The Bertz CT molecular complexity index is 1730. The van der Waals surface area contributed by atoms with E-state index in [-0.39, 0.29) is 40.6 Å². The number of rotatable bonds is 10. The molecule has 1 saturated heterocycles. The van der Waals surface area contributed by atoms with E-state index in [4.69, 9.17) is 10.5 Å². The maximum atomic E-state index is 15.0. The van der Waals surface area contributed by atoms with Crippen LogP contribution in [0.15, 0.2) is 59.5 Å². The van der Waals surface area contributed by atoms with Crippen LogP contribution in [-0.4, -0.2) is 69.6 Å². The van der Waals surface area contributed by atoms with Crippen molar-refractivity contribution in [2.75, 3.05) is 44.1 Å². The second-order valence-corrected chi connectivity index (χ2v) is 12.8. The maximum absolute atomic E-state index is 15.0. The van der Waals surface area contributed by atoms with Crippen LogP contribution in [0.3, 0.4) is 0 Å². The lowest BCUT2D eigenvalue weighted by Gasteiger charge is -2.31. The van der Waals surface area contributed by atoms with Crippen molar-refractivity contribution in [3.05, 3.63) is 82.9 Å². The van der Waals surface area contributed by atoms with Crippen molar-refractivity contribution in [2.45, 2.75) is 36.7 Å². The third-order valence-corrected chi connectivity index (χ3v) is 8.52. The lowest BCUT2D eigenvalue weighted by molar-refractivity contribution is -0.133. The fourth-order valence-corrected chi connectivity index (χ4v) is 6.12. The van der Waals surface area contributed by atoms with Gasteiger partial charge in [-0.2, -0.15) is 0 Å². The van der Waals surface area contributed by atoms with E-state index < -0.39 is 51.4 Å². The number of benzene rings is 3. The van der Waals surface area contributed by atoms with Crippen LogP contribution in [0.5, 0.6) is 5.75 Å². The summed E-state index contributed by atoms with van der Waals surface area (Å²) in [5.41, 5.74) is 6.05. The van der Waals surface area contributed by atoms with Gasteiger partial charge in [0.1, 0.15) is 11.9 Å². The summed E-state index contributed by atoms with van der Waals surface area (Å²) in [4.78, 5) is 41.4. The summed E-state index contributed by atoms with van der Waals surface area (Å²) >= 11 is 0. The number of hydrogen-bond donors (Lipinski definition) is 3. The fraction of sp³-hybridized carbons (Fsp3) is 0.323. The molecule has 0 aromatic heterocycles. The summed E-state index contributed by atoms with van der Waals surface area (Å²) in [5.74, 6) is -2.94. The Labute approximate surface area is 260 Å². The van der Waals surface area contributed by atoms with Crippen molar-refractivity contribution in [3.63, 3.8) is 0 Å². The number of hydrogen-bond acceptors (Lipinski definition) is 7. The van der Waals surface area contributed by atoms with Gasteiger partial charge in [-0.25, -0.2) is 22.0 Å². The number of urea groups is 1. The lowest BCUT2D eigenvalue weighted by Crippen LogP contribution is -2.38. The van der Waals surface area contributed by atoms with E-state index in [1.54, 1.807) is 21.0 Å². The first-order valence-corrected chi connectivity index (χ1v) is 16.0. The Morgan fingerprint density at radius 2 is 1.78 bits per heavy atom. The number of carbonyl (C=O) groups excluding carboxylic acids is 3. The molecule has 14 heteroatoms. The molecule has 0 bridgehead atoms. The van der Waals surface area contributed by atoms with Crippen LogP contribution < -0.4 is 21.1 Å². The molecule has 4 rings (SSSR count). The molecule has 45 heavy (non-hydrogen) atoms. The highest BCUT2D eigenvalue weighted by Gasteiger charge is 2.37. The molecule has 240 valence electrons. The van der Waals surface area contributed by atoms with Crippen LogP contribution in [0, 0.1) is 11.6 Å². The summed E-state index contributed by atoms with van der Waals surface area (Å²) in [6, 6.07) is 9.10. The first kappa shape index (κ1) is 33.2. The molecular formula is C31H35F2N5O6S. The van der Waals surface area contributed by atoms with Crippen LogP contribution in [0.25, 0.3) is 0 Å². The van der Waals surface area contributed by atoms with Gasteiger partial charge >= 0.3 is 6.03 Å². The van der Waals surface area contributed by atoms with Crippen molar-refractivity contribution in [1.82, 2.24) is 9.80 Å². The van der Waals surface area contributed by atoms with E-state index >= 15 is 4.39 Å². The molecule has 11 nitrogen and oxygen atoms in total. The van der Waals surface area contributed by atoms with Gasteiger partial charge in [-0.05, 0) is 79.4 Å². The minimum atomic E-state index is -3.77. The molecule has 0 radical (unpaired) electrons. The summed E-state index contributed by atoms with van der Waals surface area (Å²) in [7, 11) is -0.655. The minimum Gasteiger partial charge on any atom is -0.491 e. The van der Waals surface area contributed by atoms with Crippen LogP contribution >= 0.6 is 0 Å². The highest BCUT2D eigenvalue weighted by atomic mass is 32.2. The monoisotopic (exact) mass is 643 g/mol. The molecule has 1 aliphatic rings. The van der Waals surface area contributed by atoms with Crippen LogP contribution in [0.4, 0.5) is 25.0 Å². The molecule has 0 unspecified atom stereocenters. The van der Waals surface area contributed by atoms with Crippen molar-refractivity contribution in [2.24, 2.45) is 5.73 Å². The van der Waals surface area contributed by atoms with Gasteiger partial charge in [0.25, 0.3) is 0 Å².